The average molecular weight is 254 g/mol. The van der Waals surface area contributed by atoms with Crippen molar-refractivity contribution in [2.24, 2.45) is 0 Å². The van der Waals surface area contributed by atoms with Crippen LogP contribution in [0.4, 0.5) is 0 Å². The standard InChI is InChI=1S/C12H18N2O2S/c1-9(2)17-12-10(5-4-6-14-12)11(15)13-7-8-16-3/h4-6,9H,7-8H2,1-3H3,(H,13,15). The van der Waals surface area contributed by atoms with Gasteiger partial charge in [0.2, 0.25) is 0 Å². The lowest BCUT2D eigenvalue weighted by Crippen LogP contribution is -2.27. The number of hydrogen-bond donors (Lipinski definition) is 1. The van der Waals surface area contributed by atoms with Crippen LogP contribution in [0.15, 0.2) is 23.4 Å². The summed E-state index contributed by atoms with van der Waals surface area (Å²) in [5, 5.41) is 3.97. The number of thioether (sulfide) groups is 1. The van der Waals surface area contributed by atoms with E-state index in [9.17, 15) is 4.79 Å². The molecule has 0 saturated carbocycles. The molecular weight excluding hydrogens is 236 g/mol. The molecule has 0 aliphatic carbocycles. The number of nitrogens with one attached hydrogen (secondary N) is 1. The molecule has 0 spiro atoms. The fourth-order valence-corrected chi connectivity index (χ4v) is 2.10. The van der Waals surface area contributed by atoms with Gasteiger partial charge in [0.1, 0.15) is 5.03 Å². The van der Waals surface area contributed by atoms with Crippen molar-refractivity contribution >= 4 is 17.7 Å². The average Bonchev–Trinajstić information content (AvgIpc) is 2.29. The molecule has 5 heteroatoms. The highest BCUT2D eigenvalue weighted by Crippen LogP contribution is 2.23. The molecule has 1 aromatic rings. The van der Waals surface area contributed by atoms with E-state index in [0.29, 0.717) is 24.0 Å². The van der Waals surface area contributed by atoms with Gasteiger partial charge in [0.05, 0.1) is 12.2 Å². The van der Waals surface area contributed by atoms with Gasteiger partial charge in [-0.1, -0.05) is 13.8 Å². The Morgan fingerprint density at radius 1 is 1.59 bits per heavy atom. The molecule has 1 amide bonds. The van der Waals surface area contributed by atoms with E-state index in [2.05, 4.69) is 24.1 Å². The van der Waals surface area contributed by atoms with E-state index >= 15 is 0 Å². The third kappa shape index (κ3) is 4.75. The summed E-state index contributed by atoms with van der Waals surface area (Å²) < 4.78 is 4.89. The van der Waals surface area contributed by atoms with Crippen molar-refractivity contribution in [2.75, 3.05) is 20.3 Å². The predicted molar refractivity (Wildman–Crippen MR) is 69.4 cm³/mol. The fraction of sp³-hybridized carbons (Fsp3) is 0.500. The van der Waals surface area contributed by atoms with E-state index in [1.165, 1.54) is 0 Å². The van der Waals surface area contributed by atoms with E-state index in [-0.39, 0.29) is 5.91 Å². The largest absolute Gasteiger partial charge is 0.383 e. The number of aromatic nitrogens is 1. The Balaban J connectivity index is 2.71. The number of pyridine rings is 1. The second-order valence-electron chi connectivity index (χ2n) is 3.77. The molecule has 0 atom stereocenters. The van der Waals surface area contributed by atoms with Gasteiger partial charge in [-0.15, -0.1) is 11.8 Å². The molecule has 4 nitrogen and oxygen atoms in total. The van der Waals surface area contributed by atoms with Gasteiger partial charge in [0.25, 0.3) is 5.91 Å². The van der Waals surface area contributed by atoms with Gasteiger partial charge in [-0.25, -0.2) is 4.98 Å². The van der Waals surface area contributed by atoms with Gasteiger partial charge in [-0.2, -0.15) is 0 Å². The Morgan fingerprint density at radius 2 is 2.35 bits per heavy atom. The lowest BCUT2D eigenvalue weighted by Gasteiger charge is -2.10. The van der Waals surface area contributed by atoms with E-state index in [1.807, 2.05) is 0 Å². The number of methoxy groups -OCH3 is 1. The van der Waals surface area contributed by atoms with Crippen LogP contribution >= 0.6 is 11.8 Å². The zero-order chi connectivity index (χ0) is 12.7. The number of amides is 1. The van der Waals surface area contributed by atoms with Gasteiger partial charge in [-0.05, 0) is 12.1 Å². The monoisotopic (exact) mass is 254 g/mol. The Hall–Kier alpha value is -1.07. The van der Waals surface area contributed by atoms with Gasteiger partial charge >= 0.3 is 0 Å². The molecular formula is C12H18N2O2S. The molecule has 1 rings (SSSR count). The molecule has 0 unspecified atom stereocenters. The van der Waals surface area contributed by atoms with Crippen LogP contribution in [-0.2, 0) is 4.74 Å². The molecule has 0 aliphatic heterocycles. The van der Waals surface area contributed by atoms with Crippen LogP contribution in [0.25, 0.3) is 0 Å². The zero-order valence-corrected chi connectivity index (χ0v) is 11.2. The molecule has 0 fully saturated rings. The smallest absolute Gasteiger partial charge is 0.254 e. The van der Waals surface area contributed by atoms with E-state index in [4.69, 9.17) is 4.74 Å². The number of ether oxygens (including phenoxy) is 1. The Bertz CT molecular complexity index is 369. The minimum atomic E-state index is -0.0988. The Kier molecular flexibility index (Phi) is 6.00. The van der Waals surface area contributed by atoms with Crippen LogP contribution in [0.2, 0.25) is 0 Å². The summed E-state index contributed by atoms with van der Waals surface area (Å²) in [7, 11) is 1.61. The third-order valence-electron chi connectivity index (χ3n) is 1.95. The summed E-state index contributed by atoms with van der Waals surface area (Å²) in [4.78, 5) is 16.1. The first-order valence-electron chi connectivity index (χ1n) is 5.54. The van der Waals surface area contributed by atoms with Crippen LogP contribution in [0.1, 0.15) is 24.2 Å². The first-order chi connectivity index (χ1) is 8.15. The summed E-state index contributed by atoms with van der Waals surface area (Å²) in [6.45, 7) is 5.17. The molecule has 0 radical (unpaired) electrons. The number of hydrogen-bond acceptors (Lipinski definition) is 4. The lowest BCUT2D eigenvalue weighted by atomic mass is 10.2. The molecule has 0 bridgehead atoms. The van der Waals surface area contributed by atoms with E-state index in [1.54, 1.807) is 37.2 Å². The van der Waals surface area contributed by atoms with E-state index < -0.39 is 0 Å². The molecule has 0 saturated heterocycles. The maximum Gasteiger partial charge on any atom is 0.254 e. The molecule has 17 heavy (non-hydrogen) atoms. The fourth-order valence-electron chi connectivity index (χ4n) is 1.24. The van der Waals surface area contributed by atoms with Gasteiger partial charge in [0.15, 0.2) is 0 Å². The second kappa shape index (κ2) is 7.29. The minimum absolute atomic E-state index is 0.0988. The number of nitrogens with zero attached hydrogens (tertiary/aromatic N) is 1. The van der Waals surface area contributed by atoms with Crippen molar-refractivity contribution < 1.29 is 9.53 Å². The maximum atomic E-state index is 11.9. The molecule has 94 valence electrons. The third-order valence-corrected chi connectivity index (χ3v) is 2.97. The molecule has 1 N–H and O–H groups in total. The molecule has 1 heterocycles. The van der Waals surface area contributed by atoms with Crippen molar-refractivity contribution in [3.63, 3.8) is 0 Å². The Morgan fingerprint density at radius 3 is 3.00 bits per heavy atom. The molecule has 0 aromatic carbocycles. The summed E-state index contributed by atoms with van der Waals surface area (Å²) in [5.41, 5.74) is 0.627. The quantitative estimate of drug-likeness (QED) is 0.623. The van der Waals surface area contributed by atoms with Crippen molar-refractivity contribution in [2.45, 2.75) is 24.1 Å². The summed E-state index contributed by atoms with van der Waals surface area (Å²) >= 11 is 1.59. The number of carbonyl (C=O) groups excluding carboxylic acids is 1. The van der Waals surface area contributed by atoms with E-state index in [0.717, 1.165) is 5.03 Å². The highest BCUT2D eigenvalue weighted by Gasteiger charge is 2.13. The minimum Gasteiger partial charge on any atom is -0.383 e. The molecule has 0 aliphatic rings. The molecule has 1 aromatic heterocycles. The van der Waals surface area contributed by atoms with Crippen molar-refractivity contribution in [1.82, 2.24) is 10.3 Å². The first kappa shape index (κ1) is 14.0. The van der Waals surface area contributed by atoms with Crippen LogP contribution in [0.5, 0.6) is 0 Å². The van der Waals surface area contributed by atoms with Crippen molar-refractivity contribution in [3.8, 4) is 0 Å². The number of carbonyl (C=O) groups is 1. The summed E-state index contributed by atoms with van der Waals surface area (Å²) in [6, 6.07) is 3.56. The van der Waals surface area contributed by atoms with Gasteiger partial charge in [0, 0.05) is 25.1 Å². The van der Waals surface area contributed by atoms with Crippen LogP contribution in [-0.4, -0.2) is 36.4 Å². The lowest BCUT2D eigenvalue weighted by molar-refractivity contribution is 0.0933. The highest BCUT2D eigenvalue weighted by atomic mass is 32.2. The predicted octanol–water partition coefficient (Wildman–Crippen LogP) is 1.96. The number of rotatable bonds is 6. The first-order valence-corrected chi connectivity index (χ1v) is 6.42. The van der Waals surface area contributed by atoms with Gasteiger partial charge < -0.3 is 10.1 Å². The zero-order valence-electron chi connectivity index (χ0n) is 10.4. The van der Waals surface area contributed by atoms with Crippen LogP contribution in [0.3, 0.4) is 0 Å². The van der Waals surface area contributed by atoms with Crippen LogP contribution in [0, 0.1) is 0 Å². The van der Waals surface area contributed by atoms with Gasteiger partial charge in [-0.3, -0.25) is 4.79 Å². The van der Waals surface area contributed by atoms with Crippen LogP contribution < -0.4 is 5.32 Å². The maximum absolute atomic E-state index is 11.9. The summed E-state index contributed by atoms with van der Waals surface area (Å²) in [5.74, 6) is -0.0988. The SMILES string of the molecule is COCCNC(=O)c1cccnc1SC(C)C. The summed E-state index contributed by atoms with van der Waals surface area (Å²) in [6.07, 6.45) is 1.71. The highest BCUT2D eigenvalue weighted by molar-refractivity contribution is 7.99. The second-order valence-corrected chi connectivity index (χ2v) is 5.34. The Labute approximate surface area is 106 Å². The normalized spacial score (nSPS) is 10.6. The topological polar surface area (TPSA) is 51.2 Å². The van der Waals surface area contributed by atoms with Crippen molar-refractivity contribution in [3.05, 3.63) is 23.9 Å². The van der Waals surface area contributed by atoms with Crippen molar-refractivity contribution in [1.29, 1.82) is 0 Å².